The van der Waals surface area contributed by atoms with E-state index >= 15 is 0 Å². The van der Waals surface area contributed by atoms with Crippen LogP contribution in [0.5, 0.6) is 5.75 Å². The summed E-state index contributed by atoms with van der Waals surface area (Å²) >= 11 is 1.76. The molecule has 0 aliphatic carbocycles. The Balaban J connectivity index is 1.97. The van der Waals surface area contributed by atoms with Gasteiger partial charge in [0.15, 0.2) is 0 Å². The highest BCUT2D eigenvalue weighted by Crippen LogP contribution is 2.46. The van der Waals surface area contributed by atoms with Crippen LogP contribution in [-0.2, 0) is 9.53 Å². The first-order valence-electron chi connectivity index (χ1n) is 9.44. The fourth-order valence-electron chi connectivity index (χ4n) is 3.36. The lowest BCUT2D eigenvalue weighted by Gasteiger charge is -2.30. The van der Waals surface area contributed by atoms with Crippen LogP contribution in [0.25, 0.3) is 0 Å². The van der Waals surface area contributed by atoms with E-state index in [4.69, 9.17) is 9.47 Å². The summed E-state index contributed by atoms with van der Waals surface area (Å²) in [5.41, 5.74) is 2.32. The molecule has 0 spiro atoms. The minimum atomic E-state index is -0.248. The summed E-state index contributed by atoms with van der Waals surface area (Å²) in [5, 5.41) is 0.0142. The lowest BCUT2D eigenvalue weighted by Crippen LogP contribution is -2.39. The van der Waals surface area contributed by atoms with Crippen LogP contribution >= 0.6 is 11.8 Å². The summed E-state index contributed by atoms with van der Waals surface area (Å²) in [5.74, 6) is 0.571. The number of rotatable bonds is 6. The second-order valence-corrected chi connectivity index (χ2v) is 8.36. The molecule has 1 aliphatic rings. The van der Waals surface area contributed by atoms with Gasteiger partial charge in [0.1, 0.15) is 11.9 Å². The molecule has 2 atom stereocenters. The van der Waals surface area contributed by atoms with Gasteiger partial charge in [0, 0.05) is 24.9 Å². The molecule has 6 heteroatoms. The van der Waals surface area contributed by atoms with E-state index in [0.717, 1.165) is 24.4 Å². The predicted molar refractivity (Wildman–Crippen MR) is 114 cm³/mol. The number of hydrogen-bond donors (Lipinski definition) is 0. The van der Waals surface area contributed by atoms with Gasteiger partial charge < -0.3 is 19.3 Å². The third-order valence-electron chi connectivity index (χ3n) is 4.78. The largest absolute Gasteiger partial charge is 0.497 e. The van der Waals surface area contributed by atoms with Gasteiger partial charge >= 0.3 is 5.97 Å². The Morgan fingerprint density at radius 1 is 1.18 bits per heavy atom. The van der Waals surface area contributed by atoms with E-state index in [1.165, 1.54) is 17.5 Å². The molecule has 0 radical (unpaired) electrons. The Morgan fingerprint density at radius 3 is 2.54 bits per heavy atom. The monoisotopic (exact) mass is 400 g/mol. The van der Waals surface area contributed by atoms with Crippen molar-refractivity contribution in [3.63, 3.8) is 0 Å². The van der Waals surface area contributed by atoms with E-state index in [1.807, 2.05) is 12.1 Å². The maximum atomic E-state index is 11.9. The predicted octanol–water partition coefficient (Wildman–Crippen LogP) is 3.84. The number of likely N-dealkylation sites (N-methyl/N-ethyl adjacent to an activating group) is 1. The van der Waals surface area contributed by atoms with Crippen LogP contribution in [0.1, 0.15) is 17.7 Å². The first-order valence-corrected chi connectivity index (χ1v) is 10.3. The number of esters is 1. The van der Waals surface area contributed by atoms with Crippen LogP contribution in [0.4, 0.5) is 5.69 Å². The molecule has 1 aliphatic heterocycles. The second-order valence-electron chi connectivity index (χ2n) is 7.18. The highest BCUT2D eigenvalue weighted by Gasteiger charge is 2.33. The first kappa shape index (κ1) is 20.6. The SMILES string of the molecule is COc1ccc([C@@H]2Sc3ccccc3N(CCN(C)C)C[C@H]2OC(C)=O)cc1. The molecule has 0 fully saturated rings. The van der Waals surface area contributed by atoms with Crippen molar-refractivity contribution >= 4 is 23.4 Å². The smallest absolute Gasteiger partial charge is 0.303 e. The van der Waals surface area contributed by atoms with Crippen molar-refractivity contribution in [3.05, 3.63) is 54.1 Å². The molecule has 0 unspecified atom stereocenters. The van der Waals surface area contributed by atoms with Crippen molar-refractivity contribution in [2.24, 2.45) is 0 Å². The molecule has 0 aromatic heterocycles. The molecule has 28 heavy (non-hydrogen) atoms. The summed E-state index contributed by atoms with van der Waals surface area (Å²) in [7, 11) is 5.81. The van der Waals surface area contributed by atoms with E-state index in [0.29, 0.717) is 6.54 Å². The number of thioether (sulfide) groups is 1. The molecule has 2 aromatic rings. The van der Waals surface area contributed by atoms with Crippen molar-refractivity contribution in [2.45, 2.75) is 23.2 Å². The van der Waals surface area contributed by atoms with Crippen molar-refractivity contribution in [1.29, 1.82) is 0 Å². The normalized spacial score (nSPS) is 19.1. The van der Waals surface area contributed by atoms with Gasteiger partial charge in [-0.3, -0.25) is 4.79 Å². The molecule has 0 N–H and O–H groups in total. The van der Waals surface area contributed by atoms with Gasteiger partial charge in [0.05, 0.1) is 24.6 Å². The fourth-order valence-corrected chi connectivity index (χ4v) is 4.70. The minimum absolute atomic E-state index is 0.0142. The van der Waals surface area contributed by atoms with E-state index in [2.05, 4.69) is 60.3 Å². The van der Waals surface area contributed by atoms with Gasteiger partial charge in [-0.25, -0.2) is 0 Å². The summed E-state index contributed by atoms with van der Waals surface area (Å²) in [6, 6.07) is 16.5. The molecule has 0 bridgehead atoms. The molecule has 1 heterocycles. The first-order chi connectivity index (χ1) is 13.5. The average Bonchev–Trinajstić information content (AvgIpc) is 2.83. The van der Waals surface area contributed by atoms with Crippen LogP contribution in [0.15, 0.2) is 53.4 Å². The topological polar surface area (TPSA) is 42.0 Å². The molecule has 0 saturated heterocycles. The van der Waals surface area contributed by atoms with Gasteiger partial charge in [0.25, 0.3) is 0 Å². The van der Waals surface area contributed by atoms with Crippen molar-refractivity contribution < 1.29 is 14.3 Å². The molecular formula is C22H28N2O3S. The number of para-hydroxylation sites is 1. The molecular weight excluding hydrogens is 372 g/mol. The summed E-state index contributed by atoms with van der Waals surface area (Å²) < 4.78 is 11.1. The number of anilines is 1. The number of nitrogens with zero attached hydrogens (tertiary/aromatic N) is 2. The quantitative estimate of drug-likeness (QED) is 0.687. The third-order valence-corrected chi connectivity index (χ3v) is 6.21. The van der Waals surface area contributed by atoms with Crippen molar-refractivity contribution in [3.8, 4) is 5.75 Å². The number of carbonyl (C=O) groups is 1. The third kappa shape index (κ3) is 5.00. The second kappa shape index (κ2) is 9.34. The van der Waals surface area contributed by atoms with Crippen LogP contribution in [0.3, 0.4) is 0 Å². The van der Waals surface area contributed by atoms with Crippen LogP contribution in [-0.4, -0.2) is 57.8 Å². The van der Waals surface area contributed by atoms with Gasteiger partial charge in [-0.15, -0.1) is 11.8 Å². The standard InChI is InChI=1S/C22H28N2O3S/c1-16(25)27-20-15-24(14-13-23(2)3)19-7-5-6-8-21(19)28-22(20)17-9-11-18(26-4)12-10-17/h5-12,20,22H,13-15H2,1-4H3/t20-,22+/m1/s1. The molecule has 0 amide bonds. The van der Waals surface area contributed by atoms with E-state index in [9.17, 15) is 4.79 Å². The van der Waals surface area contributed by atoms with Gasteiger partial charge in [-0.2, -0.15) is 0 Å². The van der Waals surface area contributed by atoms with E-state index in [1.54, 1.807) is 18.9 Å². The molecule has 2 aromatic carbocycles. The fraction of sp³-hybridized carbons (Fsp3) is 0.409. The molecule has 0 saturated carbocycles. The Labute approximate surface area is 171 Å². The van der Waals surface area contributed by atoms with Crippen LogP contribution < -0.4 is 9.64 Å². The molecule has 150 valence electrons. The van der Waals surface area contributed by atoms with Crippen molar-refractivity contribution in [1.82, 2.24) is 4.90 Å². The highest BCUT2D eigenvalue weighted by atomic mass is 32.2. The average molecular weight is 401 g/mol. The lowest BCUT2D eigenvalue weighted by atomic mass is 10.1. The van der Waals surface area contributed by atoms with Gasteiger partial charge in [-0.05, 0) is 43.9 Å². The Morgan fingerprint density at radius 2 is 1.89 bits per heavy atom. The number of hydrogen-bond acceptors (Lipinski definition) is 6. The van der Waals surface area contributed by atoms with Crippen LogP contribution in [0.2, 0.25) is 0 Å². The zero-order valence-corrected chi connectivity index (χ0v) is 17.7. The zero-order chi connectivity index (χ0) is 20.1. The minimum Gasteiger partial charge on any atom is -0.497 e. The Bertz CT molecular complexity index is 795. The number of benzene rings is 2. The molecule has 5 nitrogen and oxygen atoms in total. The van der Waals surface area contributed by atoms with Crippen molar-refractivity contribution in [2.75, 3.05) is 45.7 Å². The summed E-state index contributed by atoms with van der Waals surface area (Å²) in [6.45, 7) is 3.95. The highest BCUT2D eigenvalue weighted by molar-refractivity contribution is 7.99. The summed E-state index contributed by atoms with van der Waals surface area (Å²) in [6.07, 6.45) is -0.245. The maximum Gasteiger partial charge on any atom is 0.303 e. The van der Waals surface area contributed by atoms with E-state index in [-0.39, 0.29) is 17.3 Å². The summed E-state index contributed by atoms with van der Waals surface area (Å²) in [4.78, 5) is 17.6. The number of carbonyl (C=O) groups excluding carboxylic acids is 1. The zero-order valence-electron chi connectivity index (χ0n) is 16.9. The number of ether oxygens (including phenoxy) is 2. The Hall–Kier alpha value is -2.18. The van der Waals surface area contributed by atoms with Crippen LogP contribution in [0, 0.1) is 0 Å². The lowest BCUT2D eigenvalue weighted by molar-refractivity contribution is -0.145. The molecule has 3 rings (SSSR count). The Kier molecular flexibility index (Phi) is 6.86. The number of fused-ring (bicyclic) bond motifs is 1. The maximum absolute atomic E-state index is 11.9. The van der Waals surface area contributed by atoms with Gasteiger partial charge in [0.2, 0.25) is 0 Å². The number of methoxy groups -OCH3 is 1. The van der Waals surface area contributed by atoms with E-state index < -0.39 is 0 Å². The van der Waals surface area contributed by atoms with Gasteiger partial charge in [-0.1, -0.05) is 24.3 Å².